The Labute approximate surface area is 90.7 Å². The summed E-state index contributed by atoms with van der Waals surface area (Å²) in [7, 11) is 0. The first-order chi connectivity index (χ1) is 6.83. The molecule has 3 heteroatoms. The van der Waals surface area contributed by atoms with Gasteiger partial charge in [-0.1, -0.05) is 30.3 Å². The van der Waals surface area contributed by atoms with Crippen LogP contribution in [0.2, 0.25) is 0 Å². The fourth-order valence-electron chi connectivity index (χ4n) is 0.975. The summed E-state index contributed by atoms with van der Waals surface area (Å²) in [5, 5.41) is 0. The predicted octanol–water partition coefficient (Wildman–Crippen LogP) is 2.34. The minimum absolute atomic E-state index is 0.163. The van der Waals surface area contributed by atoms with E-state index in [2.05, 4.69) is 12.6 Å². The van der Waals surface area contributed by atoms with Crippen molar-refractivity contribution in [1.82, 2.24) is 0 Å². The first-order valence-electron chi connectivity index (χ1n) is 4.47. The summed E-state index contributed by atoms with van der Waals surface area (Å²) in [5.74, 6) is -0.163. The van der Waals surface area contributed by atoms with Crippen LogP contribution in [0.5, 0.6) is 0 Å². The Morgan fingerprint density at radius 3 is 2.36 bits per heavy atom. The molecule has 78 valence electrons. The minimum atomic E-state index is -0.163. The van der Waals surface area contributed by atoms with Gasteiger partial charge in [0.05, 0.1) is 13.0 Å². The van der Waals surface area contributed by atoms with Crippen LogP contribution in [0, 0.1) is 0 Å². The molecule has 0 N–H and O–H groups in total. The lowest BCUT2D eigenvalue weighted by atomic mass is 10.2. The summed E-state index contributed by atoms with van der Waals surface area (Å²) >= 11 is 3.53. The van der Waals surface area contributed by atoms with Crippen molar-refractivity contribution in [3.8, 4) is 0 Å². The van der Waals surface area contributed by atoms with Crippen molar-refractivity contribution in [2.75, 3.05) is 12.9 Å². The van der Waals surface area contributed by atoms with Gasteiger partial charge >= 0.3 is 5.97 Å². The molecule has 0 aliphatic carbocycles. The minimum Gasteiger partial charge on any atom is -0.466 e. The van der Waals surface area contributed by atoms with Gasteiger partial charge in [-0.3, -0.25) is 4.79 Å². The van der Waals surface area contributed by atoms with Crippen molar-refractivity contribution in [2.24, 2.45) is 0 Å². The van der Waals surface area contributed by atoms with Gasteiger partial charge in [-0.25, -0.2) is 0 Å². The Morgan fingerprint density at radius 1 is 1.29 bits per heavy atom. The second-order valence-corrected chi connectivity index (χ2v) is 2.47. The fraction of sp³-hybridized carbons (Fsp3) is 0.364. The lowest BCUT2D eigenvalue weighted by Crippen LogP contribution is -2.06. The number of ether oxygens (including phenoxy) is 1. The third-order valence-electron chi connectivity index (χ3n) is 1.50. The standard InChI is InChI=1S/C10H12O2.CH4S/c1-2-12-10(11)8-9-6-4-3-5-7-9;1-2/h3-7H,2,8H2,1H3;2H,1H3. The number of benzene rings is 1. The summed E-state index contributed by atoms with van der Waals surface area (Å²) in [6.07, 6.45) is 2.06. The highest BCUT2D eigenvalue weighted by atomic mass is 32.1. The van der Waals surface area contributed by atoms with Gasteiger partial charge in [0.15, 0.2) is 0 Å². The monoisotopic (exact) mass is 212 g/mol. The highest BCUT2D eigenvalue weighted by Gasteiger charge is 2.01. The van der Waals surface area contributed by atoms with Crippen LogP contribution in [-0.4, -0.2) is 18.8 Å². The molecule has 0 radical (unpaired) electrons. The van der Waals surface area contributed by atoms with Crippen molar-refractivity contribution in [3.63, 3.8) is 0 Å². The van der Waals surface area contributed by atoms with Crippen molar-refractivity contribution >= 4 is 18.6 Å². The van der Waals surface area contributed by atoms with Gasteiger partial charge in [-0.2, -0.15) is 12.6 Å². The Balaban J connectivity index is 0.000000791. The van der Waals surface area contributed by atoms with E-state index in [-0.39, 0.29) is 5.97 Å². The maximum Gasteiger partial charge on any atom is 0.310 e. The third-order valence-corrected chi connectivity index (χ3v) is 1.50. The lowest BCUT2D eigenvalue weighted by molar-refractivity contribution is -0.142. The SMILES string of the molecule is CCOC(=O)Cc1ccccc1.CS. The quantitative estimate of drug-likeness (QED) is 0.615. The van der Waals surface area contributed by atoms with E-state index in [4.69, 9.17) is 4.74 Å². The van der Waals surface area contributed by atoms with Crippen molar-refractivity contribution in [1.29, 1.82) is 0 Å². The highest BCUT2D eigenvalue weighted by molar-refractivity contribution is 7.79. The zero-order chi connectivity index (χ0) is 10.8. The Hall–Kier alpha value is -0.960. The van der Waals surface area contributed by atoms with E-state index in [0.717, 1.165) is 5.56 Å². The summed E-state index contributed by atoms with van der Waals surface area (Å²) in [6, 6.07) is 9.58. The Kier molecular flexibility index (Phi) is 8.04. The van der Waals surface area contributed by atoms with Gasteiger partial charge in [-0.15, -0.1) is 0 Å². The van der Waals surface area contributed by atoms with Gasteiger partial charge in [0.2, 0.25) is 0 Å². The van der Waals surface area contributed by atoms with Crippen molar-refractivity contribution < 1.29 is 9.53 Å². The summed E-state index contributed by atoms with van der Waals surface area (Å²) < 4.78 is 4.81. The maximum atomic E-state index is 11.0. The average molecular weight is 212 g/mol. The largest absolute Gasteiger partial charge is 0.466 e. The second kappa shape index (κ2) is 8.63. The summed E-state index contributed by atoms with van der Waals surface area (Å²) in [6.45, 7) is 2.26. The number of carbonyl (C=O) groups is 1. The number of hydrogen-bond acceptors (Lipinski definition) is 3. The van der Waals surface area contributed by atoms with Crippen LogP contribution in [0.15, 0.2) is 30.3 Å². The molecule has 14 heavy (non-hydrogen) atoms. The lowest BCUT2D eigenvalue weighted by Gasteiger charge is -2.00. The molecule has 0 amide bonds. The van der Waals surface area contributed by atoms with E-state index in [1.807, 2.05) is 37.3 Å². The van der Waals surface area contributed by atoms with E-state index < -0.39 is 0 Å². The molecule has 2 nitrogen and oxygen atoms in total. The van der Waals surface area contributed by atoms with E-state index in [9.17, 15) is 4.79 Å². The van der Waals surface area contributed by atoms with Crippen molar-refractivity contribution in [2.45, 2.75) is 13.3 Å². The predicted molar refractivity (Wildman–Crippen MR) is 61.7 cm³/mol. The zero-order valence-electron chi connectivity index (χ0n) is 8.56. The van der Waals surface area contributed by atoms with Crippen LogP contribution in [0.3, 0.4) is 0 Å². The average Bonchev–Trinajstić information content (AvgIpc) is 2.22. The number of thiol groups is 1. The van der Waals surface area contributed by atoms with Crippen molar-refractivity contribution in [3.05, 3.63) is 35.9 Å². The number of rotatable bonds is 3. The van der Waals surface area contributed by atoms with Crippen LogP contribution < -0.4 is 0 Å². The van der Waals surface area contributed by atoms with Crippen LogP contribution in [-0.2, 0) is 16.0 Å². The van der Waals surface area contributed by atoms with Gasteiger partial charge in [0.1, 0.15) is 0 Å². The highest BCUT2D eigenvalue weighted by Crippen LogP contribution is 2.00. The third kappa shape index (κ3) is 5.65. The Bertz CT molecular complexity index is 247. The number of hydrogen-bond donors (Lipinski definition) is 1. The van der Waals surface area contributed by atoms with E-state index in [0.29, 0.717) is 13.0 Å². The van der Waals surface area contributed by atoms with E-state index in [1.165, 1.54) is 0 Å². The first-order valence-corrected chi connectivity index (χ1v) is 5.36. The Morgan fingerprint density at radius 2 is 1.86 bits per heavy atom. The molecule has 0 aromatic heterocycles. The van der Waals surface area contributed by atoms with Gasteiger partial charge in [0.25, 0.3) is 0 Å². The molecule has 1 aromatic rings. The van der Waals surface area contributed by atoms with Gasteiger partial charge < -0.3 is 4.74 Å². The molecular formula is C11H16O2S. The maximum absolute atomic E-state index is 11.0. The molecule has 0 unspecified atom stereocenters. The molecule has 0 aliphatic heterocycles. The molecule has 0 bridgehead atoms. The van der Waals surface area contributed by atoms with Gasteiger partial charge in [0, 0.05) is 0 Å². The van der Waals surface area contributed by atoms with Gasteiger partial charge in [-0.05, 0) is 18.7 Å². The first kappa shape index (κ1) is 13.0. The van der Waals surface area contributed by atoms with Crippen LogP contribution in [0.4, 0.5) is 0 Å². The molecule has 0 atom stereocenters. The molecule has 0 fully saturated rings. The fourth-order valence-corrected chi connectivity index (χ4v) is 0.975. The van der Waals surface area contributed by atoms with E-state index in [1.54, 1.807) is 6.26 Å². The molecular weight excluding hydrogens is 196 g/mol. The number of carbonyl (C=O) groups excluding carboxylic acids is 1. The second-order valence-electron chi connectivity index (χ2n) is 2.47. The molecule has 0 heterocycles. The molecule has 1 aromatic carbocycles. The smallest absolute Gasteiger partial charge is 0.310 e. The molecule has 0 aliphatic rings. The molecule has 0 spiro atoms. The van der Waals surface area contributed by atoms with Crippen LogP contribution in [0.1, 0.15) is 12.5 Å². The summed E-state index contributed by atoms with van der Waals surface area (Å²) in [4.78, 5) is 11.0. The molecule has 0 saturated heterocycles. The normalized spacial score (nSPS) is 8.50. The molecule has 0 saturated carbocycles. The van der Waals surface area contributed by atoms with E-state index >= 15 is 0 Å². The zero-order valence-corrected chi connectivity index (χ0v) is 9.46. The van der Waals surface area contributed by atoms with Crippen LogP contribution >= 0.6 is 12.6 Å². The topological polar surface area (TPSA) is 26.3 Å². The van der Waals surface area contributed by atoms with Crippen LogP contribution in [0.25, 0.3) is 0 Å². The summed E-state index contributed by atoms with van der Waals surface area (Å²) in [5.41, 5.74) is 0.996. The number of esters is 1. The molecule has 1 rings (SSSR count).